The van der Waals surface area contributed by atoms with E-state index in [0.29, 0.717) is 6.54 Å². The Morgan fingerprint density at radius 1 is 1.30 bits per heavy atom. The molecule has 0 spiro atoms. The summed E-state index contributed by atoms with van der Waals surface area (Å²) in [5, 5.41) is 15.2. The third kappa shape index (κ3) is 4.03. The molecule has 0 aliphatic carbocycles. The van der Waals surface area contributed by atoms with Crippen LogP contribution in [0.1, 0.15) is 10.4 Å². The predicted octanol–water partition coefficient (Wildman–Crippen LogP) is 2.99. The molecule has 0 atom stereocenters. The summed E-state index contributed by atoms with van der Waals surface area (Å²) in [6.45, 7) is 0.501. The lowest BCUT2D eigenvalue weighted by Gasteiger charge is -1.99. The van der Waals surface area contributed by atoms with Crippen molar-refractivity contribution in [2.45, 2.75) is 6.54 Å². The second kappa shape index (κ2) is 6.63. The Morgan fingerprint density at radius 3 is 2.65 bits per heavy atom. The van der Waals surface area contributed by atoms with Gasteiger partial charge in [0.15, 0.2) is 0 Å². The number of nitro benzene ring substituents is 1. The molecule has 5 nitrogen and oxygen atoms in total. The van der Waals surface area contributed by atoms with Crippen molar-refractivity contribution in [2.75, 3.05) is 0 Å². The SMILES string of the molecule is O=C(/C=C/c1ccc([N+](=O)[O-])cc1)NCc1cccs1. The minimum atomic E-state index is -0.457. The summed E-state index contributed by atoms with van der Waals surface area (Å²) < 4.78 is 0. The highest BCUT2D eigenvalue weighted by molar-refractivity contribution is 7.09. The van der Waals surface area contributed by atoms with E-state index in [0.717, 1.165) is 10.4 Å². The molecule has 0 fully saturated rings. The normalized spacial score (nSPS) is 10.6. The second-order valence-corrected chi connectivity index (χ2v) is 5.01. The fraction of sp³-hybridized carbons (Fsp3) is 0.0714. The van der Waals surface area contributed by atoms with E-state index < -0.39 is 4.92 Å². The maximum absolute atomic E-state index is 11.6. The van der Waals surface area contributed by atoms with Gasteiger partial charge in [-0.3, -0.25) is 14.9 Å². The van der Waals surface area contributed by atoms with Crippen LogP contribution in [0, 0.1) is 10.1 Å². The van der Waals surface area contributed by atoms with Gasteiger partial charge >= 0.3 is 0 Å². The van der Waals surface area contributed by atoms with Crippen LogP contribution in [0.25, 0.3) is 6.08 Å². The fourth-order valence-corrected chi connectivity index (χ4v) is 2.17. The van der Waals surface area contributed by atoms with Gasteiger partial charge in [0.05, 0.1) is 11.5 Å². The van der Waals surface area contributed by atoms with Crippen LogP contribution >= 0.6 is 11.3 Å². The number of nitrogens with one attached hydrogen (secondary N) is 1. The van der Waals surface area contributed by atoms with E-state index in [1.54, 1.807) is 29.5 Å². The van der Waals surface area contributed by atoms with Gasteiger partial charge in [0.25, 0.3) is 5.69 Å². The number of amides is 1. The molecule has 0 unspecified atom stereocenters. The molecule has 1 amide bonds. The average Bonchev–Trinajstić information content (AvgIpc) is 2.96. The molecule has 1 N–H and O–H groups in total. The van der Waals surface area contributed by atoms with Crippen molar-refractivity contribution in [3.05, 3.63) is 68.4 Å². The molecule has 0 aliphatic heterocycles. The van der Waals surface area contributed by atoms with E-state index in [4.69, 9.17) is 0 Å². The summed E-state index contributed by atoms with van der Waals surface area (Å²) in [6, 6.07) is 9.89. The van der Waals surface area contributed by atoms with Crippen LogP contribution in [0.15, 0.2) is 47.9 Å². The highest BCUT2D eigenvalue weighted by Crippen LogP contribution is 2.12. The van der Waals surface area contributed by atoms with Crippen molar-refractivity contribution in [1.82, 2.24) is 5.32 Å². The smallest absolute Gasteiger partial charge is 0.269 e. The highest BCUT2D eigenvalue weighted by atomic mass is 32.1. The fourth-order valence-electron chi connectivity index (χ4n) is 1.53. The number of thiophene rings is 1. The third-order valence-corrected chi connectivity index (χ3v) is 3.42. The first-order valence-electron chi connectivity index (χ1n) is 5.88. The Hall–Kier alpha value is -2.47. The van der Waals surface area contributed by atoms with Gasteiger partial charge in [-0.1, -0.05) is 6.07 Å². The van der Waals surface area contributed by atoms with Crippen LogP contribution < -0.4 is 5.32 Å². The Labute approximate surface area is 119 Å². The lowest BCUT2D eigenvalue weighted by molar-refractivity contribution is -0.384. The van der Waals surface area contributed by atoms with E-state index in [2.05, 4.69) is 5.32 Å². The van der Waals surface area contributed by atoms with Crippen LogP contribution in [0.2, 0.25) is 0 Å². The maximum Gasteiger partial charge on any atom is 0.269 e. The molecule has 6 heteroatoms. The lowest BCUT2D eigenvalue weighted by atomic mass is 10.2. The van der Waals surface area contributed by atoms with Gasteiger partial charge < -0.3 is 5.32 Å². The first-order valence-corrected chi connectivity index (χ1v) is 6.76. The van der Waals surface area contributed by atoms with Gasteiger partial charge in [-0.15, -0.1) is 11.3 Å². The van der Waals surface area contributed by atoms with E-state index >= 15 is 0 Å². The lowest BCUT2D eigenvalue weighted by Crippen LogP contribution is -2.19. The summed E-state index contributed by atoms with van der Waals surface area (Å²) in [4.78, 5) is 22.7. The quantitative estimate of drug-likeness (QED) is 0.522. The molecule has 20 heavy (non-hydrogen) atoms. The maximum atomic E-state index is 11.6. The summed E-state index contributed by atoms with van der Waals surface area (Å²) in [6.07, 6.45) is 3.03. The van der Waals surface area contributed by atoms with Crippen LogP contribution in [0.5, 0.6) is 0 Å². The zero-order valence-corrected chi connectivity index (χ0v) is 11.3. The Balaban J connectivity index is 1.88. The van der Waals surface area contributed by atoms with E-state index in [1.165, 1.54) is 18.2 Å². The zero-order valence-electron chi connectivity index (χ0n) is 10.5. The van der Waals surface area contributed by atoms with E-state index in [1.807, 2.05) is 17.5 Å². The average molecular weight is 288 g/mol. The summed E-state index contributed by atoms with van der Waals surface area (Å²) in [5.74, 6) is -0.197. The van der Waals surface area contributed by atoms with Gasteiger partial charge in [0.1, 0.15) is 0 Å². The molecular formula is C14H12N2O3S. The van der Waals surface area contributed by atoms with Gasteiger partial charge in [0.2, 0.25) is 5.91 Å². The van der Waals surface area contributed by atoms with Crippen molar-refractivity contribution in [1.29, 1.82) is 0 Å². The van der Waals surface area contributed by atoms with Crippen molar-refractivity contribution in [2.24, 2.45) is 0 Å². The van der Waals surface area contributed by atoms with Gasteiger partial charge in [-0.05, 0) is 35.2 Å². The largest absolute Gasteiger partial charge is 0.348 e. The molecule has 2 rings (SSSR count). The van der Waals surface area contributed by atoms with Crippen molar-refractivity contribution in [3.8, 4) is 0 Å². The Kier molecular flexibility index (Phi) is 4.62. The van der Waals surface area contributed by atoms with E-state index in [-0.39, 0.29) is 11.6 Å². The molecule has 0 bridgehead atoms. The summed E-state index contributed by atoms with van der Waals surface area (Å²) >= 11 is 1.58. The standard InChI is InChI=1S/C14H12N2O3S/c17-14(15-10-13-2-1-9-20-13)8-5-11-3-6-12(7-4-11)16(18)19/h1-9H,10H2,(H,15,17)/b8-5+. The number of benzene rings is 1. The number of carbonyl (C=O) groups excluding carboxylic acids is 1. The number of hydrogen-bond acceptors (Lipinski definition) is 4. The van der Waals surface area contributed by atoms with Crippen LogP contribution in [-0.4, -0.2) is 10.8 Å². The molecule has 102 valence electrons. The molecule has 0 aliphatic rings. The van der Waals surface area contributed by atoms with Gasteiger partial charge in [0, 0.05) is 23.1 Å². The second-order valence-electron chi connectivity index (χ2n) is 3.98. The van der Waals surface area contributed by atoms with Crippen molar-refractivity contribution >= 4 is 29.0 Å². The highest BCUT2D eigenvalue weighted by Gasteiger charge is 2.02. The number of carbonyl (C=O) groups is 1. The topological polar surface area (TPSA) is 72.2 Å². The number of rotatable bonds is 5. The Bertz CT molecular complexity index is 618. The molecule has 0 saturated heterocycles. The molecule has 1 aromatic carbocycles. The predicted molar refractivity (Wildman–Crippen MR) is 78.3 cm³/mol. The van der Waals surface area contributed by atoms with Crippen LogP contribution in [0.4, 0.5) is 5.69 Å². The molecule has 0 radical (unpaired) electrons. The molecule has 1 heterocycles. The van der Waals surface area contributed by atoms with E-state index in [9.17, 15) is 14.9 Å². The molecule has 2 aromatic rings. The minimum Gasteiger partial charge on any atom is -0.348 e. The number of nitrogens with zero attached hydrogens (tertiary/aromatic N) is 1. The van der Waals surface area contributed by atoms with Gasteiger partial charge in [-0.2, -0.15) is 0 Å². The van der Waals surface area contributed by atoms with Crippen LogP contribution in [-0.2, 0) is 11.3 Å². The number of nitro groups is 1. The van der Waals surface area contributed by atoms with Crippen molar-refractivity contribution in [3.63, 3.8) is 0 Å². The third-order valence-electron chi connectivity index (χ3n) is 2.55. The van der Waals surface area contributed by atoms with Crippen LogP contribution in [0.3, 0.4) is 0 Å². The number of non-ortho nitro benzene ring substituents is 1. The molecule has 0 saturated carbocycles. The number of hydrogen-bond donors (Lipinski definition) is 1. The molecule has 1 aromatic heterocycles. The first-order chi connectivity index (χ1) is 9.65. The Morgan fingerprint density at radius 2 is 2.05 bits per heavy atom. The van der Waals surface area contributed by atoms with Crippen molar-refractivity contribution < 1.29 is 9.72 Å². The molecular weight excluding hydrogens is 276 g/mol. The first kappa shape index (κ1) is 14.0. The van der Waals surface area contributed by atoms with Gasteiger partial charge in [-0.25, -0.2) is 0 Å². The minimum absolute atomic E-state index is 0.0318. The zero-order chi connectivity index (χ0) is 14.4. The summed E-state index contributed by atoms with van der Waals surface area (Å²) in [5.41, 5.74) is 0.770. The monoisotopic (exact) mass is 288 g/mol. The summed E-state index contributed by atoms with van der Waals surface area (Å²) in [7, 11) is 0.